The molecular weight excluding hydrogens is 877 g/mol. The van der Waals surface area contributed by atoms with E-state index in [0.717, 1.165) is 59.4 Å². The van der Waals surface area contributed by atoms with Crippen molar-refractivity contribution >= 4 is 52.1 Å². The van der Waals surface area contributed by atoms with Crippen LogP contribution in [-0.4, -0.2) is 96.1 Å². The summed E-state index contributed by atoms with van der Waals surface area (Å²) >= 11 is 3.07. The zero-order valence-corrected chi connectivity index (χ0v) is 39.4. The number of aliphatic imine (C=N–C) groups is 1. The molecule has 3 amide bonds. The zero-order chi connectivity index (χ0) is 47.0. The Bertz CT molecular complexity index is 2820. The molecule has 0 aliphatic carbocycles. The average Bonchev–Trinajstić information content (AvgIpc) is 4.09. The average molecular weight is 929 g/mol. The zero-order valence-electron chi connectivity index (χ0n) is 37.8. The second kappa shape index (κ2) is 18.8. The van der Waals surface area contributed by atoms with Gasteiger partial charge in [0.15, 0.2) is 5.82 Å². The minimum Gasteiger partial charge on any atom is -0.469 e. The van der Waals surface area contributed by atoms with Gasteiger partial charge in [-0.25, -0.2) is 4.98 Å². The van der Waals surface area contributed by atoms with Crippen LogP contribution >= 0.6 is 22.7 Å². The molecule has 1 fully saturated rings. The molecule has 0 spiro atoms. The molecule has 0 bridgehead atoms. The second-order valence-corrected chi connectivity index (χ2v) is 19.8. The van der Waals surface area contributed by atoms with Crippen LogP contribution in [-0.2, 0) is 32.3 Å². The predicted octanol–water partition coefficient (Wildman–Crippen LogP) is 6.41. The minimum absolute atomic E-state index is 0.00759. The number of methoxy groups -OCH3 is 1. The molecule has 2 aliphatic rings. The highest BCUT2D eigenvalue weighted by molar-refractivity contribution is 7.15. The summed E-state index contributed by atoms with van der Waals surface area (Å²) in [7, 11) is 1.36. The van der Waals surface area contributed by atoms with E-state index in [4.69, 9.17) is 9.73 Å². The van der Waals surface area contributed by atoms with Crippen molar-refractivity contribution in [3.63, 3.8) is 0 Å². The molecule has 2 aliphatic heterocycles. The Morgan fingerprint density at radius 1 is 0.909 bits per heavy atom. The molecule has 3 aromatic heterocycles. The molecule has 0 saturated carbocycles. The first-order valence-corrected chi connectivity index (χ1v) is 23.3. The second-order valence-electron chi connectivity index (χ2n) is 17.7. The van der Waals surface area contributed by atoms with Gasteiger partial charge in [0.2, 0.25) is 11.8 Å². The summed E-state index contributed by atoms with van der Waals surface area (Å²) in [6.45, 7) is 11.6. The van der Waals surface area contributed by atoms with Crippen molar-refractivity contribution in [1.82, 2.24) is 35.3 Å². The topological polar surface area (TPSA) is 201 Å². The summed E-state index contributed by atoms with van der Waals surface area (Å²) in [6, 6.07) is 20.1. The van der Waals surface area contributed by atoms with Crippen molar-refractivity contribution in [3.05, 3.63) is 128 Å². The Morgan fingerprint density at radius 2 is 1.56 bits per heavy atom. The number of aromatic nitrogens is 4. The number of nitrogens with zero attached hydrogens (tertiary/aromatic N) is 6. The van der Waals surface area contributed by atoms with Gasteiger partial charge in [0.05, 0.1) is 48.0 Å². The van der Waals surface area contributed by atoms with E-state index in [0.29, 0.717) is 22.9 Å². The third-order valence-corrected chi connectivity index (χ3v) is 14.3. The number of benzene rings is 3. The van der Waals surface area contributed by atoms with Crippen LogP contribution in [0, 0.1) is 26.2 Å². The fraction of sp³-hybridized carbons (Fsp3) is 0.347. The highest BCUT2D eigenvalue weighted by Crippen LogP contribution is 2.40. The lowest BCUT2D eigenvalue weighted by Gasteiger charge is -2.35. The number of aliphatic hydroxyl groups is 2. The Labute approximate surface area is 390 Å². The quantitative estimate of drug-likeness (QED) is 0.0994. The van der Waals surface area contributed by atoms with Gasteiger partial charge in [-0.15, -0.1) is 32.9 Å². The van der Waals surface area contributed by atoms with Crippen LogP contribution in [0.15, 0.2) is 83.3 Å². The normalized spacial score (nSPS) is 17.3. The molecule has 66 heavy (non-hydrogen) atoms. The molecule has 1 saturated heterocycles. The predicted molar refractivity (Wildman–Crippen MR) is 252 cm³/mol. The summed E-state index contributed by atoms with van der Waals surface area (Å²) in [5.41, 5.74) is 9.08. The van der Waals surface area contributed by atoms with Crippen molar-refractivity contribution < 1.29 is 34.1 Å². The number of thiazole rings is 1. The Kier molecular flexibility index (Phi) is 13.2. The van der Waals surface area contributed by atoms with Gasteiger partial charge in [-0.1, -0.05) is 81.4 Å². The molecule has 342 valence electrons. The van der Waals surface area contributed by atoms with Crippen molar-refractivity contribution in [2.45, 2.75) is 91.8 Å². The number of fused-ring (bicyclic) bond motifs is 3. The number of β-amino-alcohol motifs (C(OH)–C–C–N with tert-alkyl or cyclic N) is 1. The van der Waals surface area contributed by atoms with Crippen LogP contribution in [0.25, 0.3) is 26.6 Å². The Balaban J connectivity index is 0.953. The lowest BCUT2D eigenvalue weighted by Crippen LogP contribution is -2.57. The molecule has 0 radical (unpaired) electrons. The first kappa shape index (κ1) is 46.1. The van der Waals surface area contributed by atoms with Gasteiger partial charge in [-0.2, -0.15) is 0 Å². The highest BCUT2D eigenvalue weighted by Gasteiger charge is 2.44. The Hall–Kier alpha value is -6.40. The van der Waals surface area contributed by atoms with E-state index < -0.39 is 53.3 Å². The molecule has 5 heterocycles. The maximum absolute atomic E-state index is 14.3. The number of ether oxygens (including phenoxy) is 1. The Morgan fingerprint density at radius 3 is 2.21 bits per heavy atom. The van der Waals surface area contributed by atoms with E-state index >= 15 is 0 Å². The number of thiophene rings is 1. The van der Waals surface area contributed by atoms with Gasteiger partial charge >= 0.3 is 5.97 Å². The number of likely N-dealkylation sites (tertiary alicyclic amines) is 1. The van der Waals surface area contributed by atoms with Crippen LogP contribution in [0.1, 0.15) is 94.5 Å². The molecule has 8 rings (SSSR count). The molecule has 4 N–H and O–H groups in total. The van der Waals surface area contributed by atoms with Gasteiger partial charge in [-0.05, 0) is 66.1 Å². The van der Waals surface area contributed by atoms with Crippen LogP contribution in [0.5, 0.6) is 0 Å². The van der Waals surface area contributed by atoms with Gasteiger partial charge in [-0.3, -0.25) is 28.7 Å². The highest BCUT2D eigenvalue weighted by atomic mass is 32.1. The number of carbonyl (C=O) groups is 4. The number of rotatable bonds is 12. The molecule has 1 unspecified atom stereocenters. The maximum Gasteiger partial charge on any atom is 0.308 e. The van der Waals surface area contributed by atoms with E-state index in [1.165, 1.54) is 23.3 Å². The largest absolute Gasteiger partial charge is 0.469 e. The number of hydrogen-bond acceptors (Lipinski definition) is 13. The van der Waals surface area contributed by atoms with Crippen molar-refractivity contribution in [2.75, 3.05) is 13.7 Å². The third-order valence-electron chi connectivity index (χ3n) is 12.2. The standard InChI is InChI=1S/C49H52N8O7S2/c1-26-27(2)66-48-40(26)41(52-36(21-39(60)64-7)44-55-54-28(3)57(44)48)32-16-12-30(13-17-32)31-14-18-34(19-15-31)45(61)53-43(49(4,5)6)47(63)56-23-35(59)20-38(56)46(62)50-22-29-8-10-33(11-9-29)42-37(24-58)51-25-65-42/h8-19,25,35-36,38,43,58-59H,20-24H2,1-7H3,(H,50,62)(H,53,61)/t35-,36+,38+,43?/m1/s1. The molecule has 15 nitrogen and oxygen atoms in total. The van der Waals surface area contributed by atoms with Crippen LogP contribution in [0.2, 0.25) is 0 Å². The number of esters is 1. The van der Waals surface area contributed by atoms with Gasteiger partial charge in [0.25, 0.3) is 5.91 Å². The molecule has 6 aromatic rings. The monoisotopic (exact) mass is 928 g/mol. The summed E-state index contributed by atoms with van der Waals surface area (Å²) in [4.78, 5) is 67.0. The van der Waals surface area contributed by atoms with E-state index in [1.807, 2.05) is 92.9 Å². The summed E-state index contributed by atoms with van der Waals surface area (Å²) in [6.07, 6.45) is -0.826. The minimum atomic E-state index is -1.00. The van der Waals surface area contributed by atoms with Gasteiger partial charge in [0, 0.05) is 41.1 Å². The van der Waals surface area contributed by atoms with Crippen molar-refractivity contribution in [3.8, 4) is 26.6 Å². The summed E-state index contributed by atoms with van der Waals surface area (Å²) < 4.78 is 7.02. The lowest BCUT2D eigenvalue weighted by atomic mass is 9.85. The van der Waals surface area contributed by atoms with E-state index in [9.17, 15) is 29.4 Å². The first-order valence-electron chi connectivity index (χ1n) is 21.6. The van der Waals surface area contributed by atoms with Crippen LogP contribution in [0.4, 0.5) is 0 Å². The number of aliphatic hydroxyl groups excluding tert-OH is 2. The number of aryl methyl sites for hydroxylation is 2. The number of carbonyl (C=O) groups excluding carboxylic acids is 4. The number of hydrogen-bond donors (Lipinski definition) is 4. The molecule has 4 atom stereocenters. The maximum atomic E-state index is 14.3. The van der Waals surface area contributed by atoms with Crippen LogP contribution in [0.3, 0.4) is 0 Å². The number of amides is 3. The third kappa shape index (κ3) is 9.20. The first-order chi connectivity index (χ1) is 31.6. The smallest absolute Gasteiger partial charge is 0.308 e. The molecular formula is C49H52N8O7S2. The fourth-order valence-corrected chi connectivity index (χ4v) is 10.5. The molecule has 17 heteroatoms. The fourth-order valence-electron chi connectivity index (χ4n) is 8.43. The van der Waals surface area contributed by atoms with E-state index in [1.54, 1.807) is 29.0 Å². The van der Waals surface area contributed by atoms with Crippen LogP contribution < -0.4 is 10.6 Å². The van der Waals surface area contributed by atoms with Crippen molar-refractivity contribution in [1.29, 1.82) is 0 Å². The summed E-state index contributed by atoms with van der Waals surface area (Å²) in [5, 5.41) is 35.9. The summed E-state index contributed by atoms with van der Waals surface area (Å²) in [5.74, 6) is -0.418. The molecule has 3 aromatic carbocycles. The van der Waals surface area contributed by atoms with Gasteiger partial charge in [0.1, 0.15) is 29.0 Å². The van der Waals surface area contributed by atoms with Crippen molar-refractivity contribution in [2.24, 2.45) is 10.4 Å². The number of nitrogens with one attached hydrogen (secondary N) is 2. The SMILES string of the molecule is COC(=O)C[C@@H]1N=C(c2ccc(-c3ccc(C(=O)NC(C(=O)N4C[C@H](O)C[C@H]4C(=O)NCc4ccc(-c5scnc5CO)cc4)C(C)(C)C)cc3)cc2)c2c(sc(C)c2C)-n2c(C)nnc21. The van der Waals surface area contributed by atoms with E-state index in [2.05, 4.69) is 39.7 Å². The lowest BCUT2D eigenvalue weighted by molar-refractivity contribution is -0.142. The van der Waals surface area contributed by atoms with E-state index in [-0.39, 0.29) is 32.5 Å². The van der Waals surface area contributed by atoms with Gasteiger partial charge < -0.3 is 30.5 Å².